The molecule has 14 aromatic carbocycles. The first-order valence-corrected chi connectivity index (χ1v) is 42.9. The number of carbonyl (C=O) groups is 5. The van der Waals surface area contributed by atoms with E-state index in [1.165, 1.54) is 9.80 Å². The summed E-state index contributed by atoms with van der Waals surface area (Å²) in [7, 11) is 0. The van der Waals surface area contributed by atoms with Gasteiger partial charge in [-0.3, -0.25) is 24.0 Å². The van der Waals surface area contributed by atoms with Gasteiger partial charge in [0.15, 0.2) is 0 Å². The molecule has 0 saturated carbocycles. The summed E-state index contributed by atoms with van der Waals surface area (Å²) in [5.74, 6) is 1.54. The largest absolute Gasteiger partial charge is 0.457 e. The molecule has 4 amide bonds. The number of imide groups is 2. The number of rotatable bonds is 22. The second-order valence-electron chi connectivity index (χ2n) is 42.4. The first-order valence-electron chi connectivity index (χ1n) is 42.9. The van der Waals surface area contributed by atoms with Gasteiger partial charge in [0.2, 0.25) is 0 Å². The monoisotopic (exact) mass is 1640 g/mol. The Kier molecular flexibility index (Phi) is 22.1. The topological polar surface area (TPSA) is 138 Å². The van der Waals surface area contributed by atoms with Crippen LogP contribution in [0.15, 0.2) is 188 Å². The average Bonchev–Trinajstić information content (AvgIpc) is 0.671. The van der Waals surface area contributed by atoms with Crippen LogP contribution in [0.4, 0.5) is 11.4 Å². The Morgan fingerprint density at radius 2 is 0.537 bits per heavy atom. The number of carbonyl (C=O) groups excluding carboxylic acids is 5. The van der Waals surface area contributed by atoms with Gasteiger partial charge >= 0.3 is 0 Å². The van der Waals surface area contributed by atoms with Crippen molar-refractivity contribution in [2.75, 3.05) is 9.80 Å². The van der Waals surface area contributed by atoms with Crippen molar-refractivity contribution in [1.82, 2.24) is 0 Å². The first-order chi connectivity index (χ1) is 56.7. The Hall–Kier alpha value is -11.6. The Balaban J connectivity index is 0.00000617. The van der Waals surface area contributed by atoms with Crippen molar-refractivity contribution >= 4 is 117 Å². The first kappa shape index (κ1) is 87.7. The summed E-state index contributed by atoms with van der Waals surface area (Å²) in [5, 5.41) is 9.17. The SMILES string of the molecule is C.C.CC(C)c1cccc(C(C)C)c1N1C(=O)c2cc(Oc3ccc(C(C)(C)CC(C)(C)C)cc3)c3c4ccc5c6c(Oc7ccc(C(C)(C)CC(C)(C)C)cc7)cc7c8c(cc(Oc9ccc(C(C)(C)CC(C)(C)C)cc9)c(c9ccc(c%10c(Oc%11ccc(C(C)(C)CC(C)(C)C)cc%11)cc(c2c3%10)C1=O)c4c59)c86)C(=O)N(c1ccc(OC=O)cc1)C7=O. The van der Waals surface area contributed by atoms with Crippen LogP contribution in [-0.4, -0.2) is 30.1 Å². The van der Waals surface area contributed by atoms with E-state index in [0.29, 0.717) is 112 Å². The van der Waals surface area contributed by atoms with Gasteiger partial charge in [-0.25, -0.2) is 9.80 Å². The standard InChI is InChI=1S/C109H114N2O10.2CH4/c1-61(2)73-26-25-27-74(62(3)4)97(73)111-100(115)81-54-85(120-71-42-32-65(33-43-71)108(21,22)58-104(11,12)13)93-77-50-48-75-87-76(49-51-78(88(77)87)94-86(55-82(101(111)116)90(81)96(93)94)121-72-44-34-66(35-45-72)109(23,24)59-105(14,15)16)92-84(119-70-40-30-64(31-41-70)107(19,20)57-103(8,9)10)53-80-89-79(98(113)110(99(80)114)67-36-46-68(47-37-67)117-60-112)52-83(91(75)95(89)92)118-69-38-28-63(29-39-69)106(17,18)56-102(5,6)7;;/h25-55,60-62H,56-59H2,1-24H3;2*1H4. The third kappa shape index (κ3) is 15.9. The van der Waals surface area contributed by atoms with E-state index in [-0.39, 0.29) is 92.6 Å². The minimum absolute atomic E-state index is 0. The lowest BCUT2D eigenvalue weighted by atomic mass is 9.72. The second kappa shape index (κ2) is 31.0. The molecule has 16 rings (SSSR count). The molecule has 2 aliphatic heterocycles. The lowest BCUT2D eigenvalue weighted by Crippen LogP contribution is -2.42. The van der Waals surface area contributed by atoms with E-state index in [2.05, 4.69) is 239 Å². The van der Waals surface area contributed by atoms with Crippen molar-refractivity contribution in [3.05, 3.63) is 244 Å². The van der Waals surface area contributed by atoms with Crippen LogP contribution >= 0.6 is 0 Å². The number of fused-ring (bicyclic) bond motifs is 4. The van der Waals surface area contributed by atoms with E-state index < -0.39 is 23.6 Å². The average molecular weight is 1640 g/mol. The number of benzene rings is 14. The number of amides is 4. The lowest BCUT2D eigenvalue weighted by molar-refractivity contribution is -0.120. The number of hydrogen-bond donors (Lipinski definition) is 0. The van der Waals surface area contributed by atoms with E-state index in [1.807, 2.05) is 78.9 Å². The van der Waals surface area contributed by atoms with Gasteiger partial charge in [-0.15, -0.1) is 0 Å². The molecule has 2 aliphatic rings. The second-order valence-corrected chi connectivity index (χ2v) is 42.4. The van der Waals surface area contributed by atoms with Crippen LogP contribution in [0.1, 0.15) is 293 Å². The minimum atomic E-state index is -0.589. The van der Waals surface area contributed by atoms with Crippen molar-refractivity contribution < 1.29 is 47.7 Å². The van der Waals surface area contributed by atoms with Crippen molar-refractivity contribution in [2.24, 2.45) is 21.7 Å². The van der Waals surface area contributed by atoms with Crippen LogP contribution in [0.2, 0.25) is 0 Å². The van der Waals surface area contributed by atoms with Crippen molar-refractivity contribution in [3.63, 3.8) is 0 Å². The molecule has 12 nitrogen and oxygen atoms in total. The van der Waals surface area contributed by atoms with Crippen LogP contribution < -0.4 is 33.5 Å². The highest BCUT2D eigenvalue weighted by Gasteiger charge is 2.44. The highest BCUT2D eigenvalue weighted by Crippen LogP contribution is 2.59. The molecule has 636 valence electrons. The fourth-order valence-corrected chi connectivity index (χ4v) is 21.3. The van der Waals surface area contributed by atoms with Crippen LogP contribution in [0.25, 0.3) is 75.4 Å². The predicted molar refractivity (Wildman–Crippen MR) is 509 cm³/mol. The zero-order valence-electron chi connectivity index (χ0n) is 74.9. The Morgan fingerprint density at radius 3 is 0.772 bits per heavy atom. The number of anilines is 2. The van der Waals surface area contributed by atoms with E-state index in [9.17, 15) is 4.79 Å². The third-order valence-corrected chi connectivity index (χ3v) is 24.8. The molecular weight excluding hydrogens is 1520 g/mol. The molecule has 14 aromatic rings. The normalized spacial score (nSPS) is 13.9. The Bertz CT molecular complexity index is 6180. The highest BCUT2D eigenvalue weighted by molar-refractivity contribution is 6.49. The van der Waals surface area contributed by atoms with E-state index >= 15 is 19.2 Å². The number of nitrogens with zero attached hydrogens (tertiary/aromatic N) is 2. The van der Waals surface area contributed by atoms with Crippen LogP contribution in [0.5, 0.6) is 51.7 Å². The van der Waals surface area contributed by atoms with E-state index in [1.54, 1.807) is 36.4 Å². The molecule has 0 radical (unpaired) electrons. The molecule has 12 heteroatoms. The quantitative estimate of drug-likeness (QED) is 0.0279. The third-order valence-electron chi connectivity index (χ3n) is 24.8. The number of hydrogen-bond acceptors (Lipinski definition) is 10. The fraction of sp³-hybridized carbons (Fsp3) is 0.360. The summed E-state index contributed by atoms with van der Waals surface area (Å²) in [6.45, 7) is 54.1. The van der Waals surface area contributed by atoms with Crippen molar-refractivity contribution in [3.8, 4) is 51.7 Å². The number of ether oxygens (including phenoxy) is 5. The maximum absolute atomic E-state index is 16.6. The summed E-state index contributed by atoms with van der Waals surface area (Å²) in [6, 6.07) is 61.2. The van der Waals surface area contributed by atoms with E-state index in [4.69, 9.17) is 23.7 Å². The molecule has 0 fully saturated rings. The zero-order valence-corrected chi connectivity index (χ0v) is 74.9. The Labute approximate surface area is 727 Å². The maximum Gasteiger partial charge on any atom is 0.298 e. The molecule has 0 aliphatic carbocycles. The Morgan fingerprint density at radius 1 is 0.293 bits per heavy atom. The molecule has 0 bridgehead atoms. The van der Waals surface area contributed by atoms with Crippen molar-refractivity contribution in [2.45, 2.75) is 240 Å². The van der Waals surface area contributed by atoms with Gasteiger partial charge in [0, 0.05) is 43.1 Å². The summed E-state index contributed by atoms with van der Waals surface area (Å²) in [4.78, 5) is 79.7. The summed E-state index contributed by atoms with van der Waals surface area (Å²) < 4.78 is 35.4. The van der Waals surface area contributed by atoms with E-state index in [0.717, 1.165) is 91.4 Å². The smallest absolute Gasteiger partial charge is 0.298 e. The van der Waals surface area contributed by atoms with Gasteiger partial charge in [0.05, 0.1) is 33.6 Å². The van der Waals surface area contributed by atoms with Gasteiger partial charge in [-0.1, -0.05) is 272 Å². The summed E-state index contributed by atoms with van der Waals surface area (Å²) in [6.07, 6.45) is 3.69. The molecule has 0 N–H and O–H groups in total. The maximum atomic E-state index is 16.6. The highest BCUT2D eigenvalue weighted by atomic mass is 16.5. The minimum Gasteiger partial charge on any atom is -0.457 e. The molecule has 123 heavy (non-hydrogen) atoms. The molecule has 0 unspecified atom stereocenters. The molecule has 2 heterocycles. The van der Waals surface area contributed by atoms with Gasteiger partial charge in [0.1, 0.15) is 51.7 Å². The number of para-hydroxylation sites is 1. The van der Waals surface area contributed by atoms with Gasteiger partial charge in [-0.2, -0.15) is 0 Å². The molecular formula is C111H122N2O10. The van der Waals surface area contributed by atoms with Gasteiger partial charge in [-0.05, 0) is 244 Å². The molecule has 0 saturated heterocycles. The molecule has 0 atom stereocenters. The summed E-state index contributed by atoms with van der Waals surface area (Å²) >= 11 is 0. The van der Waals surface area contributed by atoms with Crippen LogP contribution in [-0.2, 0) is 26.5 Å². The fourth-order valence-electron chi connectivity index (χ4n) is 21.3. The molecule has 0 aromatic heterocycles. The van der Waals surface area contributed by atoms with Gasteiger partial charge < -0.3 is 23.7 Å². The summed E-state index contributed by atoms with van der Waals surface area (Å²) in [5.41, 5.74) is 7.51. The zero-order chi connectivity index (χ0) is 86.8. The van der Waals surface area contributed by atoms with Crippen LogP contribution in [0, 0.1) is 21.7 Å². The lowest BCUT2D eigenvalue weighted by Gasteiger charge is -2.34. The van der Waals surface area contributed by atoms with Crippen LogP contribution in [0.3, 0.4) is 0 Å². The van der Waals surface area contributed by atoms with Crippen molar-refractivity contribution in [1.29, 1.82) is 0 Å². The predicted octanol–water partition coefficient (Wildman–Crippen LogP) is 31.3. The molecule has 0 spiro atoms. The van der Waals surface area contributed by atoms with Gasteiger partial charge in [0.25, 0.3) is 30.1 Å².